The number of hydrogen-bond acceptors (Lipinski definition) is 2. The molecule has 2 nitrogen and oxygen atoms in total. The molecule has 2 rings (SSSR count). The molecule has 3 heteroatoms. The number of allylic oxidation sites excluding steroid dienone is 1. The van der Waals surface area contributed by atoms with E-state index in [-0.39, 0.29) is 0 Å². The summed E-state index contributed by atoms with van der Waals surface area (Å²) in [7, 11) is 0. The Balaban J connectivity index is 1.89. The molecule has 2 saturated heterocycles. The molecule has 0 radical (unpaired) electrons. The Kier molecular flexibility index (Phi) is 3.60. The minimum Gasteiger partial charge on any atom is -0.205 e. The van der Waals surface area contributed by atoms with Crippen molar-refractivity contribution >= 4 is 6.71 Å². The van der Waals surface area contributed by atoms with Gasteiger partial charge in [-0.15, -0.1) is 0 Å². The van der Waals surface area contributed by atoms with E-state index in [0.29, 0.717) is 0 Å². The molecular formula is C12H21BN2. The molecule has 82 valence electrons. The Labute approximate surface area is 93.1 Å². The van der Waals surface area contributed by atoms with E-state index in [9.17, 15) is 0 Å². The van der Waals surface area contributed by atoms with E-state index in [2.05, 4.69) is 11.7 Å². The molecule has 0 spiro atoms. The molecule has 15 heavy (non-hydrogen) atoms. The van der Waals surface area contributed by atoms with Gasteiger partial charge in [-0.25, -0.2) is 5.53 Å². The summed E-state index contributed by atoms with van der Waals surface area (Å²) < 4.78 is 0. The van der Waals surface area contributed by atoms with E-state index >= 15 is 0 Å². The third-order valence-electron chi connectivity index (χ3n) is 4.44. The Morgan fingerprint density at radius 3 is 2.20 bits per heavy atom. The van der Waals surface area contributed by atoms with Gasteiger partial charge in [0.15, 0.2) is 0 Å². The zero-order chi connectivity index (χ0) is 10.7. The van der Waals surface area contributed by atoms with Crippen molar-refractivity contribution in [3.63, 3.8) is 0 Å². The van der Waals surface area contributed by atoms with Crippen LogP contribution in [-0.2, 0) is 0 Å². The van der Waals surface area contributed by atoms with Crippen LogP contribution in [0.25, 0.3) is 0 Å². The number of rotatable bonds is 4. The predicted molar refractivity (Wildman–Crippen MR) is 64.7 cm³/mol. The van der Waals surface area contributed by atoms with Gasteiger partial charge < -0.3 is 0 Å². The Bertz CT molecular complexity index is 230. The minimum atomic E-state index is 0.763. The molecule has 0 aromatic rings. The highest BCUT2D eigenvalue weighted by atomic mass is 15.0. The molecular weight excluding hydrogens is 183 g/mol. The van der Waals surface area contributed by atoms with E-state index in [4.69, 9.17) is 5.53 Å². The van der Waals surface area contributed by atoms with Gasteiger partial charge in [0.25, 0.3) is 0 Å². The Hall–Kier alpha value is -0.595. The lowest BCUT2D eigenvalue weighted by Gasteiger charge is -2.40. The zero-order valence-corrected chi connectivity index (χ0v) is 9.54. The van der Waals surface area contributed by atoms with Crippen molar-refractivity contribution in [2.75, 3.05) is 0 Å². The van der Waals surface area contributed by atoms with Crippen LogP contribution in [0.15, 0.2) is 17.4 Å². The van der Waals surface area contributed by atoms with Crippen molar-refractivity contribution in [3.8, 4) is 0 Å². The van der Waals surface area contributed by atoms with Crippen LogP contribution in [0.5, 0.6) is 0 Å². The monoisotopic (exact) mass is 204 g/mol. The third-order valence-corrected chi connectivity index (χ3v) is 4.44. The second-order valence-corrected chi connectivity index (χ2v) is 5.26. The van der Waals surface area contributed by atoms with Crippen molar-refractivity contribution in [1.82, 2.24) is 0 Å². The molecule has 0 aromatic heterocycles. The largest absolute Gasteiger partial charge is 0.205 e. The standard InChI is InChI=1S/C12H21BN2/c1-10(15-14)8-9-13-11-4-2-5-12(13)7-3-6-11/h11-12,14H,1-9H2. The number of nitrogens with one attached hydrogen (secondary N) is 1. The van der Waals surface area contributed by atoms with Gasteiger partial charge in [-0.2, -0.15) is 5.11 Å². The topological polar surface area (TPSA) is 36.2 Å². The van der Waals surface area contributed by atoms with Crippen LogP contribution in [0, 0.1) is 5.53 Å². The summed E-state index contributed by atoms with van der Waals surface area (Å²) in [6, 6.07) is 0. The summed E-state index contributed by atoms with van der Waals surface area (Å²) in [5.74, 6) is 1.96. The quantitative estimate of drug-likeness (QED) is 0.516. The van der Waals surface area contributed by atoms with Crippen molar-refractivity contribution < 1.29 is 0 Å². The zero-order valence-electron chi connectivity index (χ0n) is 9.54. The maximum atomic E-state index is 6.91. The van der Waals surface area contributed by atoms with E-state index in [1.807, 2.05) is 0 Å². The van der Waals surface area contributed by atoms with Crippen molar-refractivity contribution in [2.45, 2.75) is 62.9 Å². The van der Waals surface area contributed by atoms with E-state index in [1.165, 1.54) is 44.8 Å². The lowest BCUT2D eigenvalue weighted by atomic mass is 9.26. The summed E-state index contributed by atoms with van der Waals surface area (Å²) in [5.41, 5.74) is 7.67. The number of fused-ring (bicyclic) bond motifs is 2. The fraction of sp³-hybridized carbons (Fsp3) is 0.833. The molecule has 0 amide bonds. The van der Waals surface area contributed by atoms with Crippen molar-refractivity contribution in [3.05, 3.63) is 12.3 Å². The van der Waals surface area contributed by atoms with Crippen LogP contribution in [0.3, 0.4) is 0 Å². The Morgan fingerprint density at radius 1 is 1.20 bits per heavy atom. The van der Waals surface area contributed by atoms with Gasteiger partial charge in [-0.05, 0) is 6.42 Å². The molecule has 0 aromatic carbocycles. The van der Waals surface area contributed by atoms with Crippen LogP contribution in [0.4, 0.5) is 0 Å². The predicted octanol–water partition coefficient (Wildman–Crippen LogP) is 4.52. The molecule has 1 N–H and O–H groups in total. The summed E-state index contributed by atoms with van der Waals surface area (Å²) in [6.07, 6.45) is 10.9. The van der Waals surface area contributed by atoms with Crippen LogP contribution < -0.4 is 0 Å². The van der Waals surface area contributed by atoms with Gasteiger partial charge >= 0.3 is 0 Å². The molecule has 2 aliphatic rings. The van der Waals surface area contributed by atoms with Crippen LogP contribution >= 0.6 is 0 Å². The number of nitrogens with zero attached hydrogens (tertiary/aromatic N) is 1. The summed E-state index contributed by atoms with van der Waals surface area (Å²) in [4.78, 5) is 0. The third kappa shape index (κ3) is 2.50. The van der Waals surface area contributed by atoms with Gasteiger partial charge in [-0.3, -0.25) is 0 Å². The summed E-state index contributed by atoms with van der Waals surface area (Å²) >= 11 is 0. The molecule has 2 bridgehead atoms. The normalized spacial score (nSPS) is 30.0. The highest BCUT2D eigenvalue weighted by Gasteiger charge is 2.38. The molecule has 0 unspecified atom stereocenters. The first-order chi connectivity index (χ1) is 7.31. The van der Waals surface area contributed by atoms with E-state index in [1.54, 1.807) is 0 Å². The second kappa shape index (κ2) is 4.95. The molecule has 0 atom stereocenters. The molecule has 0 aliphatic carbocycles. The fourth-order valence-electron chi connectivity index (χ4n) is 3.67. The molecule has 2 fully saturated rings. The van der Waals surface area contributed by atoms with Gasteiger partial charge in [0.2, 0.25) is 0 Å². The molecule has 2 heterocycles. The highest BCUT2D eigenvalue weighted by Crippen LogP contribution is 2.48. The first kappa shape index (κ1) is 10.9. The average molecular weight is 204 g/mol. The smallest absolute Gasteiger partial charge is 0.146 e. The summed E-state index contributed by atoms with van der Waals surface area (Å²) in [6.45, 7) is 4.72. The fourth-order valence-corrected chi connectivity index (χ4v) is 3.67. The lowest BCUT2D eigenvalue weighted by Crippen LogP contribution is -2.34. The Morgan fingerprint density at radius 2 is 1.73 bits per heavy atom. The van der Waals surface area contributed by atoms with Crippen molar-refractivity contribution in [1.29, 1.82) is 5.53 Å². The lowest BCUT2D eigenvalue weighted by molar-refractivity contribution is 0.441. The highest BCUT2D eigenvalue weighted by molar-refractivity contribution is 6.62. The maximum Gasteiger partial charge on any atom is 0.146 e. The number of hydrogen-bond donors (Lipinski definition) is 1. The molecule has 0 saturated carbocycles. The van der Waals surface area contributed by atoms with E-state index in [0.717, 1.165) is 30.5 Å². The van der Waals surface area contributed by atoms with Gasteiger partial charge in [0.05, 0.1) is 5.70 Å². The average Bonchev–Trinajstić information content (AvgIpc) is 2.25. The maximum absolute atomic E-state index is 6.91. The van der Waals surface area contributed by atoms with Crippen molar-refractivity contribution in [2.24, 2.45) is 5.11 Å². The van der Waals surface area contributed by atoms with Crippen LogP contribution in [-0.4, -0.2) is 6.71 Å². The first-order valence-electron chi connectivity index (χ1n) is 6.36. The van der Waals surface area contributed by atoms with Crippen LogP contribution in [0.2, 0.25) is 18.0 Å². The SMILES string of the molecule is C=C(CCB1C2CCCC1CCC2)N=N. The van der Waals surface area contributed by atoms with Gasteiger partial charge in [0.1, 0.15) is 6.71 Å². The minimum absolute atomic E-state index is 0.763. The first-order valence-corrected chi connectivity index (χ1v) is 6.36. The van der Waals surface area contributed by atoms with Gasteiger partial charge in [0, 0.05) is 0 Å². The molecule has 2 aliphatic heterocycles. The van der Waals surface area contributed by atoms with Crippen LogP contribution in [0.1, 0.15) is 44.9 Å². The van der Waals surface area contributed by atoms with Gasteiger partial charge in [-0.1, -0.05) is 63.1 Å². The second-order valence-electron chi connectivity index (χ2n) is 5.26. The van der Waals surface area contributed by atoms with E-state index < -0.39 is 0 Å². The summed E-state index contributed by atoms with van der Waals surface area (Å²) in [5, 5.41) is 3.42.